The Bertz CT molecular complexity index is 263. The summed E-state index contributed by atoms with van der Waals surface area (Å²) in [6.45, 7) is 5.45. The summed E-state index contributed by atoms with van der Waals surface area (Å²) in [4.78, 5) is 11.8. The van der Waals surface area contributed by atoms with E-state index in [1.165, 1.54) is 25.7 Å². The van der Waals surface area contributed by atoms with Gasteiger partial charge in [0.25, 0.3) is 0 Å². The van der Waals surface area contributed by atoms with Crippen LogP contribution in [0.3, 0.4) is 0 Å². The van der Waals surface area contributed by atoms with Crippen LogP contribution in [0.2, 0.25) is 0 Å². The summed E-state index contributed by atoms with van der Waals surface area (Å²) in [6, 6.07) is -0.334. The first kappa shape index (κ1) is 16.8. The van der Waals surface area contributed by atoms with Crippen molar-refractivity contribution in [2.45, 2.75) is 52.0 Å². The van der Waals surface area contributed by atoms with Crippen LogP contribution in [0.1, 0.15) is 46.0 Å². The summed E-state index contributed by atoms with van der Waals surface area (Å²) >= 11 is 1.74. The first-order valence-corrected chi connectivity index (χ1v) is 8.96. The molecule has 1 amide bonds. The maximum absolute atomic E-state index is 11.8. The van der Waals surface area contributed by atoms with Crippen LogP contribution in [0.4, 0.5) is 0 Å². The monoisotopic (exact) mass is 286 g/mol. The maximum Gasteiger partial charge on any atom is 0.236 e. The van der Waals surface area contributed by atoms with E-state index in [0.29, 0.717) is 5.92 Å². The summed E-state index contributed by atoms with van der Waals surface area (Å²) in [5.74, 6) is 3.33. The number of carbonyl (C=O) groups excluding carboxylic acids is 1. The standard InChI is InChI=1S/C15H30N2OS/c1-11(2)13-6-4-12(5-7-13)10-17-15(18)14(16)8-9-19-3/h11-14H,4-10,16H2,1-3H3,(H,17,18). The number of nitrogens with one attached hydrogen (secondary N) is 1. The van der Waals surface area contributed by atoms with Crippen molar-refractivity contribution in [3.8, 4) is 0 Å². The molecule has 0 aliphatic heterocycles. The van der Waals surface area contributed by atoms with Gasteiger partial charge in [-0.15, -0.1) is 0 Å². The molecule has 1 aliphatic rings. The van der Waals surface area contributed by atoms with Crippen molar-refractivity contribution >= 4 is 17.7 Å². The van der Waals surface area contributed by atoms with Gasteiger partial charge in [0.1, 0.15) is 0 Å². The van der Waals surface area contributed by atoms with Gasteiger partial charge in [-0.25, -0.2) is 0 Å². The summed E-state index contributed by atoms with van der Waals surface area (Å²) in [7, 11) is 0. The SMILES string of the molecule is CSCCC(N)C(=O)NCC1CCC(C(C)C)CC1. The van der Waals surface area contributed by atoms with E-state index in [1.807, 2.05) is 6.26 Å². The Labute approximate surface area is 122 Å². The molecule has 0 radical (unpaired) electrons. The van der Waals surface area contributed by atoms with Crippen molar-refractivity contribution in [1.29, 1.82) is 0 Å². The molecule has 1 rings (SSSR count). The Balaban J connectivity index is 2.18. The first-order chi connectivity index (χ1) is 9.04. The Morgan fingerprint density at radius 3 is 2.47 bits per heavy atom. The molecular weight excluding hydrogens is 256 g/mol. The van der Waals surface area contributed by atoms with Gasteiger partial charge in [-0.2, -0.15) is 11.8 Å². The van der Waals surface area contributed by atoms with Crippen LogP contribution in [0.25, 0.3) is 0 Å². The number of rotatable bonds is 7. The van der Waals surface area contributed by atoms with Gasteiger partial charge < -0.3 is 11.1 Å². The minimum Gasteiger partial charge on any atom is -0.354 e. The third-order valence-electron chi connectivity index (χ3n) is 4.37. The Morgan fingerprint density at radius 1 is 1.32 bits per heavy atom. The summed E-state index contributed by atoms with van der Waals surface area (Å²) in [6.07, 6.45) is 7.95. The smallest absolute Gasteiger partial charge is 0.236 e. The van der Waals surface area contributed by atoms with E-state index in [1.54, 1.807) is 11.8 Å². The molecule has 3 N–H and O–H groups in total. The average Bonchev–Trinajstić information content (AvgIpc) is 2.42. The highest BCUT2D eigenvalue weighted by Gasteiger charge is 2.24. The van der Waals surface area contributed by atoms with Gasteiger partial charge >= 0.3 is 0 Å². The molecule has 3 nitrogen and oxygen atoms in total. The molecule has 0 saturated heterocycles. The third-order valence-corrected chi connectivity index (χ3v) is 5.01. The van der Waals surface area contributed by atoms with Crippen LogP contribution in [0.5, 0.6) is 0 Å². The van der Waals surface area contributed by atoms with Crippen molar-refractivity contribution < 1.29 is 4.79 Å². The van der Waals surface area contributed by atoms with E-state index in [0.717, 1.165) is 30.6 Å². The minimum atomic E-state index is -0.334. The van der Waals surface area contributed by atoms with Crippen LogP contribution in [0.15, 0.2) is 0 Å². The molecule has 0 aromatic carbocycles. The fourth-order valence-electron chi connectivity index (χ4n) is 2.81. The molecule has 4 heteroatoms. The molecule has 1 saturated carbocycles. The van der Waals surface area contributed by atoms with Gasteiger partial charge in [0, 0.05) is 6.54 Å². The highest BCUT2D eigenvalue weighted by atomic mass is 32.2. The lowest BCUT2D eigenvalue weighted by Crippen LogP contribution is -2.43. The largest absolute Gasteiger partial charge is 0.354 e. The predicted octanol–water partition coefficient (Wildman–Crippen LogP) is 2.65. The third kappa shape index (κ3) is 6.17. The molecule has 0 aromatic heterocycles. The summed E-state index contributed by atoms with van der Waals surface area (Å²) in [5, 5.41) is 3.03. The van der Waals surface area contributed by atoms with Gasteiger partial charge in [0.15, 0.2) is 0 Å². The van der Waals surface area contributed by atoms with E-state index in [9.17, 15) is 4.79 Å². The lowest BCUT2D eigenvalue weighted by atomic mass is 9.77. The molecule has 0 spiro atoms. The summed E-state index contributed by atoms with van der Waals surface area (Å²) < 4.78 is 0. The highest BCUT2D eigenvalue weighted by Crippen LogP contribution is 2.32. The minimum absolute atomic E-state index is 0.0278. The normalized spacial score (nSPS) is 25.3. The molecule has 1 unspecified atom stereocenters. The molecule has 19 heavy (non-hydrogen) atoms. The Kier molecular flexibility index (Phi) is 7.84. The van der Waals surface area contributed by atoms with Crippen molar-refractivity contribution in [2.75, 3.05) is 18.6 Å². The van der Waals surface area contributed by atoms with Gasteiger partial charge in [-0.3, -0.25) is 4.79 Å². The van der Waals surface area contributed by atoms with E-state index >= 15 is 0 Å². The van der Waals surface area contributed by atoms with Gasteiger partial charge in [-0.05, 0) is 61.9 Å². The van der Waals surface area contributed by atoms with E-state index in [-0.39, 0.29) is 11.9 Å². The molecule has 1 atom stereocenters. The van der Waals surface area contributed by atoms with Gasteiger partial charge in [0.2, 0.25) is 5.91 Å². The average molecular weight is 286 g/mol. The number of hydrogen-bond donors (Lipinski definition) is 2. The number of thioether (sulfide) groups is 1. The topological polar surface area (TPSA) is 55.1 Å². The van der Waals surface area contributed by atoms with E-state index in [2.05, 4.69) is 19.2 Å². The quantitative estimate of drug-likeness (QED) is 0.756. The number of amides is 1. The van der Waals surface area contributed by atoms with Crippen molar-refractivity contribution in [3.05, 3.63) is 0 Å². The molecule has 1 fully saturated rings. The van der Waals surface area contributed by atoms with Crippen LogP contribution in [-0.4, -0.2) is 30.5 Å². The highest BCUT2D eigenvalue weighted by molar-refractivity contribution is 7.98. The van der Waals surface area contributed by atoms with Gasteiger partial charge in [-0.1, -0.05) is 13.8 Å². The fraction of sp³-hybridized carbons (Fsp3) is 0.933. The second kappa shape index (κ2) is 8.85. The van der Waals surface area contributed by atoms with Crippen molar-refractivity contribution in [3.63, 3.8) is 0 Å². The molecule has 0 heterocycles. The number of hydrogen-bond acceptors (Lipinski definition) is 3. The van der Waals surface area contributed by atoms with E-state index in [4.69, 9.17) is 5.73 Å². The number of carbonyl (C=O) groups is 1. The van der Waals surface area contributed by atoms with Crippen LogP contribution in [-0.2, 0) is 4.79 Å². The first-order valence-electron chi connectivity index (χ1n) is 7.56. The second-order valence-corrected chi connectivity index (χ2v) is 7.14. The molecule has 112 valence electrons. The maximum atomic E-state index is 11.8. The zero-order valence-electron chi connectivity index (χ0n) is 12.7. The predicted molar refractivity (Wildman–Crippen MR) is 84.3 cm³/mol. The van der Waals surface area contributed by atoms with Crippen molar-refractivity contribution in [2.24, 2.45) is 23.5 Å². The number of nitrogens with two attached hydrogens (primary N) is 1. The summed E-state index contributed by atoms with van der Waals surface area (Å²) in [5.41, 5.74) is 5.86. The zero-order chi connectivity index (χ0) is 14.3. The van der Waals surface area contributed by atoms with Crippen LogP contribution >= 0.6 is 11.8 Å². The molecular formula is C15H30N2OS. The zero-order valence-corrected chi connectivity index (χ0v) is 13.5. The second-order valence-electron chi connectivity index (χ2n) is 6.16. The fourth-order valence-corrected chi connectivity index (χ4v) is 3.30. The molecule has 0 bridgehead atoms. The Hall–Kier alpha value is -0.220. The van der Waals surface area contributed by atoms with Crippen LogP contribution < -0.4 is 11.1 Å². The lowest BCUT2D eigenvalue weighted by Gasteiger charge is -2.31. The van der Waals surface area contributed by atoms with E-state index < -0.39 is 0 Å². The molecule has 0 aromatic rings. The van der Waals surface area contributed by atoms with Gasteiger partial charge in [0.05, 0.1) is 6.04 Å². The molecule has 1 aliphatic carbocycles. The lowest BCUT2D eigenvalue weighted by molar-refractivity contribution is -0.122. The van der Waals surface area contributed by atoms with Crippen molar-refractivity contribution in [1.82, 2.24) is 5.32 Å². The Morgan fingerprint density at radius 2 is 1.95 bits per heavy atom. The van der Waals surface area contributed by atoms with Crippen LogP contribution in [0, 0.1) is 17.8 Å².